The number of phosphoric acid groups is 1. The van der Waals surface area contributed by atoms with E-state index in [-0.39, 0.29) is 5.57 Å². The zero-order valence-corrected chi connectivity index (χ0v) is 8.48. The summed E-state index contributed by atoms with van der Waals surface area (Å²) in [6, 6.07) is 0. The number of carboxylic acids is 1. The van der Waals surface area contributed by atoms with Gasteiger partial charge in [0.05, 0.1) is 13.2 Å². The Hall–Kier alpha value is -0.720. The van der Waals surface area contributed by atoms with Gasteiger partial charge >= 0.3 is 13.8 Å². The number of carbonyl (C=O) groups is 1. The molecule has 0 saturated carbocycles. The van der Waals surface area contributed by atoms with Crippen LogP contribution in [0.2, 0.25) is 0 Å². The molecular formula is C6H13O7P. The lowest BCUT2D eigenvalue weighted by molar-refractivity contribution is -0.132. The van der Waals surface area contributed by atoms with Crippen LogP contribution in [-0.4, -0.2) is 39.0 Å². The molecule has 14 heavy (non-hydrogen) atoms. The van der Waals surface area contributed by atoms with Gasteiger partial charge in [-0.05, 0) is 6.92 Å². The van der Waals surface area contributed by atoms with E-state index in [0.29, 0.717) is 0 Å². The van der Waals surface area contributed by atoms with Gasteiger partial charge in [0.2, 0.25) is 0 Å². The molecule has 1 rings (SSSR count). The third-order valence-electron chi connectivity index (χ3n) is 0.569. The molecule has 0 amide bonds. The van der Waals surface area contributed by atoms with E-state index in [4.69, 9.17) is 24.4 Å². The molecule has 4 N–H and O–H groups in total. The van der Waals surface area contributed by atoms with Crippen molar-refractivity contribution >= 4 is 13.8 Å². The van der Waals surface area contributed by atoms with E-state index in [2.05, 4.69) is 11.3 Å². The van der Waals surface area contributed by atoms with Gasteiger partial charge in [0, 0.05) is 5.57 Å². The molecule has 0 bridgehead atoms. The van der Waals surface area contributed by atoms with Crippen molar-refractivity contribution in [2.45, 2.75) is 6.92 Å². The van der Waals surface area contributed by atoms with Gasteiger partial charge in [-0.2, -0.15) is 0 Å². The van der Waals surface area contributed by atoms with Gasteiger partial charge in [-0.25, -0.2) is 9.36 Å². The third-order valence-corrected chi connectivity index (χ3v) is 0.569. The zero-order chi connectivity index (χ0) is 11.8. The molecule has 0 aromatic carbocycles. The highest BCUT2D eigenvalue weighted by atomic mass is 31.2. The maximum atomic E-state index is 9.60. The molecular weight excluding hydrogens is 215 g/mol. The van der Waals surface area contributed by atoms with Crippen LogP contribution in [0.3, 0.4) is 0 Å². The average Bonchev–Trinajstić information content (AvgIpc) is 2.65. The first-order chi connectivity index (χ1) is 6.14. The van der Waals surface area contributed by atoms with Crippen LogP contribution in [0.4, 0.5) is 0 Å². The van der Waals surface area contributed by atoms with Crippen molar-refractivity contribution in [3.8, 4) is 0 Å². The molecule has 0 spiro atoms. The molecule has 7 nitrogen and oxygen atoms in total. The van der Waals surface area contributed by atoms with Crippen molar-refractivity contribution in [2.75, 3.05) is 13.2 Å². The van der Waals surface area contributed by atoms with Gasteiger partial charge in [0.1, 0.15) is 0 Å². The minimum absolute atomic E-state index is 0.176. The summed E-state index contributed by atoms with van der Waals surface area (Å²) in [5, 5.41) is 7.89. The van der Waals surface area contributed by atoms with Crippen LogP contribution in [0.5, 0.6) is 0 Å². The SMILES string of the molecule is C1CO1.C=C(C)C(=O)O.O=P(O)(O)O. The Morgan fingerprint density at radius 1 is 1.36 bits per heavy atom. The van der Waals surface area contributed by atoms with Crippen LogP contribution in [0.25, 0.3) is 0 Å². The van der Waals surface area contributed by atoms with Gasteiger partial charge < -0.3 is 24.5 Å². The largest absolute Gasteiger partial charge is 0.478 e. The number of carboxylic acid groups (broad SMARTS) is 1. The third kappa shape index (κ3) is 65.1. The number of hydrogen-bond donors (Lipinski definition) is 4. The second-order valence-corrected chi connectivity index (χ2v) is 3.24. The summed E-state index contributed by atoms with van der Waals surface area (Å²) >= 11 is 0. The number of ether oxygens (including phenoxy) is 1. The zero-order valence-electron chi connectivity index (χ0n) is 7.58. The lowest BCUT2D eigenvalue weighted by Crippen LogP contribution is -1.92. The predicted molar refractivity (Wildman–Crippen MR) is 47.5 cm³/mol. The summed E-state index contributed by atoms with van der Waals surface area (Å²) in [7, 11) is -4.64. The first kappa shape index (κ1) is 15.7. The molecule has 0 aliphatic carbocycles. The van der Waals surface area contributed by atoms with E-state index in [1.54, 1.807) is 0 Å². The van der Waals surface area contributed by atoms with Crippen molar-refractivity contribution in [1.29, 1.82) is 0 Å². The molecule has 1 aliphatic rings. The fourth-order valence-electron chi connectivity index (χ4n) is 0. The molecule has 0 aromatic rings. The molecule has 0 aromatic heterocycles. The quantitative estimate of drug-likeness (QED) is 0.276. The Balaban J connectivity index is 0. The first-order valence-corrected chi connectivity index (χ1v) is 4.96. The molecule has 84 valence electrons. The maximum Gasteiger partial charge on any atom is 0.466 e. The van der Waals surface area contributed by atoms with Crippen LogP contribution in [0.15, 0.2) is 12.2 Å². The smallest absolute Gasteiger partial charge is 0.466 e. The van der Waals surface area contributed by atoms with E-state index in [1.165, 1.54) is 6.92 Å². The number of rotatable bonds is 1. The Bertz CT molecular complexity index is 205. The standard InChI is InChI=1S/C4H6O2.C2H4O.H3O4P/c1-3(2)4(5)6;1-2-3-1;1-5(2,3)4/h1H2,2H3,(H,5,6);1-2H2;(H3,1,2,3,4). The predicted octanol–water partition coefficient (Wildman–Crippen LogP) is -0.265. The van der Waals surface area contributed by atoms with Crippen LogP contribution < -0.4 is 0 Å². The van der Waals surface area contributed by atoms with Crippen LogP contribution in [-0.2, 0) is 14.1 Å². The fraction of sp³-hybridized carbons (Fsp3) is 0.500. The molecule has 8 heteroatoms. The first-order valence-electron chi connectivity index (χ1n) is 3.39. The molecule has 1 heterocycles. The lowest BCUT2D eigenvalue weighted by atomic mass is 10.4. The minimum Gasteiger partial charge on any atom is -0.478 e. The monoisotopic (exact) mass is 228 g/mol. The number of epoxide rings is 1. The Kier molecular flexibility index (Phi) is 8.61. The van der Waals surface area contributed by atoms with Crippen molar-refractivity contribution in [3.05, 3.63) is 12.2 Å². The summed E-state index contributed by atoms with van der Waals surface area (Å²) in [5.41, 5.74) is 0.176. The molecule has 1 saturated heterocycles. The normalized spacial score (nSPS) is 12.6. The van der Waals surface area contributed by atoms with Gasteiger partial charge in [-0.1, -0.05) is 6.58 Å². The van der Waals surface area contributed by atoms with Gasteiger partial charge in [0.25, 0.3) is 0 Å². The Labute approximate surface area is 80.9 Å². The van der Waals surface area contributed by atoms with Crippen molar-refractivity contribution in [2.24, 2.45) is 0 Å². The fourth-order valence-corrected chi connectivity index (χ4v) is 0. The van der Waals surface area contributed by atoms with Crippen molar-refractivity contribution in [3.63, 3.8) is 0 Å². The molecule has 0 radical (unpaired) electrons. The van der Waals surface area contributed by atoms with Crippen molar-refractivity contribution < 1.29 is 33.9 Å². The van der Waals surface area contributed by atoms with Crippen molar-refractivity contribution in [1.82, 2.24) is 0 Å². The van der Waals surface area contributed by atoms with Gasteiger partial charge in [0.15, 0.2) is 0 Å². The van der Waals surface area contributed by atoms with E-state index >= 15 is 0 Å². The summed E-state index contributed by atoms with van der Waals surface area (Å²) in [5.74, 6) is -0.935. The Morgan fingerprint density at radius 3 is 1.50 bits per heavy atom. The molecule has 1 fully saturated rings. The van der Waals surface area contributed by atoms with E-state index < -0.39 is 13.8 Å². The molecule has 1 aliphatic heterocycles. The highest BCUT2D eigenvalue weighted by molar-refractivity contribution is 7.45. The van der Waals surface area contributed by atoms with Gasteiger partial charge in [-0.15, -0.1) is 0 Å². The minimum atomic E-state index is -4.64. The van der Waals surface area contributed by atoms with Gasteiger partial charge in [-0.3, -0.25) is 0 Å². The van der Waals surface area contributed by atoms with Crippen LogP contribution >= 0.6 is 7.82 Å². The maximum absolute atomic E-state index is 9.60. The second-order valence-electron chi connectivity index (χ2n) is 2.21. The van der Waals surface area contributed by atoms with Crippen LogP contribution in [0.1, 0.15) is 6.92 Å². The average molecular weight is 228 g/mol. The number of aliphatic carboxylic acids is 1. The summed E-state index contributed by atoms with van der Waals surface area (Å²) in [6.45, 7) is 6.60. The number of hydrogen-bond acceptors (Lipinski definition) is 3. The molecule has 0 unspecified atom stereocenters. The topological polar surface area (TPSA) is 128 Å². The van der Waals surface area contributed by atoms with E-state index in [0.717, 1.165) is 13.2 Å². The highest BCUT2D eigenvalue weighted by Crippen LogP contribution is 2.25. The second kappa shape index (κ2) is 7.66. The van der Waals surface area contributed by atoms with E-state index in [9.17, 15) is 4.79 Å². The van der Waals surface area contributed by atoms with Crippen LogP contribution in [0, 0.1) is 0 Å². The summed E-state index contributed by atoms with van der Waals surface area (Å²) in [4.78, 5) is 31.2. The summed E-state index contributed by atoms with van der Waals surface area (Å²) in [6.07, 6.45) is 0. The Morgan fingerprint density at radius 2 is 1.50 bits per heavy atom. The van der Waals surface area contributed by atoms with E-state index in [1.807, 2.05) is 0 Å². The highest BCUT2D eigenvalue weighted by Gasteiger charge is 2.00. The lowest BCUT2D eigenvalue weighted by Gasteiger charge is -1.82. The summed E-state index contributed by atoms with van der Waals surface area (Å²) < 4.78 is 13.4. The molecule has 0 atom stereocenters.